The minimum absolute atomic E-state index is 0.00467. The van der Waals surface area contributed by atoms with Gasteiger partial charge in [0.2, 0.25) is 12.8 Å². The zero-order valence-electron chi connectivity index (χ0n) is 20.0. The second kappa shape index (κ2) is 11.2. The van der Waals surface area contributed by atoms with Crippen LogP contribution in [0.2, 0.25) is 0 Å². The van der Waals surface area contributed by atoms with Crippen molar-refractivity contribution in [2.75, 3.05) is 61.7 Å². The van der Waals surface area contributed by atoms with Gasteiger partial charge in [-0.3, -0.25) is 15.5 Å². The van der Waals surface area contributed by atoms with E-state index >= 15 is 0 Å². The minimum atomic E-state index is -1.02. The maximum absolute atomic E-state index is 12.7. The highest BCUT2D eigenvalue weighted by molar-refractivity contribution is 5.99. The number of carbonyl (C=O) groups is 1. The first-order valence-corrected chi connectivity index (χ1v) is 11.9. The number of H-pyrrole nitrogens is 1. The molecule has 4 rings (SSSR count). The highest BCUT2D eigenvalue weighted by Gasteiger charge is 2.44. The Morgan fingerprint density at radius 2 is 2.00 bits per heavy atom. The van der Waals surface area contributed by atoms with Crippen LogP contribution in [-0.2, 0) is 0 Å². The predicted molar refractivity (Wildman–Crippen MR) is 135 cm³/mol. The molecule has 1 aromatic heterocycles. The Morgan fingerprint density at radius 3 is 2.69 bits per heavy atom. The Hall–Kier alpha value is -3.87. The van der Waals surface area contributed by atoms with E-state index in [9.17, 15) is 14.0 Å². The molecule has 1 spiro atoms. The number of halogens is 1. The predicted octanol–water partition coefficient (Wildman–Crippen LogP) is 1.50. The van der Waals surface area contributed by atoms with Crippen molar-refractivity contribution in [3.8, 4) is 5.75 Å². The molecule has 0 atom stereocenters. The van der Waals surface area contributed by atoms with Crippen molar-refractivity contribution >= 4 is 29.3 Å². The van der Waals surface area contributed by atoms with Gasteiger partial charge in [0.15, 0.2) is 5.96 Å². The van der Waals surface area contributed by atoms with Crippen LogP contribution in [0.4, 0.5) is 26.5 Å². The molecule has 0 bridgehead atoms. The monoisotopic (exact) mass is 501 g/mol. The molecule has 0 radical (unpaired) electrons. The van der Waals surface area contributed by atoms with Gasteiger partial charge in [0.05, 0.1) is 5.69 Å². The fourth-order valence-corrected chi connectivity index (χ4v) is 4.82. The number of nitrogens with two attached hydrogens (primary N) is 1. The van der Waals surface area contributed by atoms with Crippen LogP contribution in [0.5, 0.6) is 5.75 Å². The molecular weight excluding hydrogens is 469 g/mol. The van der Waals surface area contributed by atoms with Gasteiger partial charge < -0.3 is 35.9 Å². The molecule has 1 aromatic carbocycles. The third-order valence-corrected chi connectivity index (χ3v) is 6.60. The zero-order valence-corrected chi connectivity index (χ0v) is 20.0. The molecule has 2 amide bonds. The van der Waals surface area contributed by atoms with Gasteiger partial charge in [0, 0.05) is 38.9 Å². The first kappa shape index (κ1) is 25.2. The van der Waals surface area contributed by atoms with Crippen LogP contribution >= 0.6 is 0 Å². The van der Waals surface area contributed by atoms with E-state index in [-0.39, 0.29) is 23.3 Å². The van der Waals surface area contributed by atoms with Crippen LogP contribution in [0.15, 0.2) is 35.3 Å². The van der Waals surface area contributed by atoms with Gasteiger partial charge >= 0.3 is 6.03 Å². The summed E-state index contributed by atoms with van der Waals surface area (Å²) in [6.07, 6.45) is 4.51. The van der Waals surface area contributed by atoms with E-state index in [4.69, 9.17) is 15.9 Å². The summed E-state index contributed by atoms with van der Waals surface area (Å²) in [5, 5.41) is 15.0. The van der Waals surface area contributed by atoms with Crippen molar-refractivity contribution in [2.24, 2.45) is 11.1 Å². The smallest absolute Gasteiger partial charge is 0.326 e. The van der Waals surface area contributed by atoms with Crippen LogP contribution in [-0.4, -0.2) is 73.0 Å². The molecule has 194 valence electrons. The number of likely N-dealkylation sites (tertiary alicyclic amines) is 1. The Balaban J connectivity index is 1.25. The topological polar surface area (TPSA) is 164 Å². The molecule has 2 aromatic rings. The van der Waals surface area contributed by atoms with Crippen molar-refractivity contribution in [3.63, 3.8) is 0 Å². The molecule has 0 unspecified atom stereocenters. The number of amides is 2. The molecule has 13 heteroatoms. The molecule has 0 saturated carbocycles. The minimum Gasteiger partial charge on any atom is -0.461 e. The number of nitrogens with one attached hydrogen (secondary N) is 5. The molecule has 0 aliphatic carbocycles. The summed E-state index contributed by atoms with van der Waals surface area (Å²) in [4.78, 5) is 36.3. The molecule has 12 nitrogen and oxygen atoms in total. The number of alkyl halides is 1. The van der Waals surface area contributed by atoms with Crippen molar-refractivity contribution in [1.29, 1.82) is 5.41 Å². The number of hydrogen-bond acceptors (Lipinski definition) is 7. The number of urea groups is 1. The first-order valence-electron chi connectivity index (χ1n) is 11.9. The standard InChI is InChI=1S/C23H32FN9O3/c24-15-36-18-5-2-1-4-16(18)29-22(35)31-21-28-12-17(19(34)30-21)33-10-6-23(7-11-33)13-32(14-23)9-3-8-27-20(25)26/h1-2,4-5,12H,3,6-11,13-15H2,(H4,25,26,27)(H3,28,29,30,31,34,35). The van der Waals surface area contributed by atoms with E-state index in [0.717, 1.165) is 52.0 Å². The Morgan fingerprint density at radius 1 is 1.25 bits per heavy atom. The summed E-state index contributed by atoms with van der Waals surface area (Å²) in [6.45, 7) is 4.29. The van der Waals surface area contributed by atoms with E-state index in [1.54, 1.807) is 24.4 Å². The lowest BCUT2D eigenvalue weighted by Crippen LogP contribution is -2.60. The number of rotatable bonds is 9. The summed E-state index contributed by atoms with van der Waals surface area (Å²) >= 11 is 0. The summed E-state index contributed by atoms with van der Waals surface area (Å²) in [5.74, 6) is 0.201. The number of piperidine rings is 1. The van der Waals surface area contributed by atoms with E-state index in [1.165, 1.54) is 6.07 Å². The average molecular weight is 502 g/mol. The largest absolute Gasteiger partial charge is 0.461 e. The Labute approximate surface area is 207 Å². The van der Waals surface area contributed by atoms with Gasteiger partial charge in [-0.1, -0.05) is 12.1 Å². The van der Waals surface area contributed by atoms with Gasteiger partial charge in [-0.15, -0.1) is 0 Å². The number of anilines is 3. The summed E-state index contributed by atoms with van der Waals surface area (Å²) < 4.78 is 17.4. The zero-order chi connectivity index (χ0) is 25.5. The van der Waals surface area contributed by atoms with Gasteiger partial charge in [-0.25, -0.2) is 9.18 Å². The number of carbonyl (C=O) groups excluding carboxylic acids is 1. The number of nitrogens with zero attached hydrogens (tertiary/aromatic N) is 3. The van der Waals surface area contributed by atoms with E-state index in [2.05, 4.69) is 30.8 Å². The van der Waals surface area contributed by atoms with E-state index < -0.39 is 18.5 Å². The second-order valence-electron chi connectivity index (χ2n) is 9.16. The lowest BCUT2D eigenvalue weighted by atomic mass is 9.72. The average Bonchev–Trinajstić information content (AvgIpc) is 2.82. The van der Waals surface area contributed by atoms with Crippen molar-refractivity contribution in [2.45, 2.75) is 19.3 Å². The van der Waals surface area contributed by atoms with Gasteiger partial charge in [-0.05, 0) is 43.4 Å². The number of aromatic amines is 1. The van der Waals surface area contributed by atoms with E-state index in [1.807, 2.05) is 4.90 Å². The van der Waals surface area contributed by atoms with Crippen LogP contribution in [0.1, 0.15) is 19.3 Å². The third-order valence-electron chi connectivity index (χ3n) is 6.60. The number of ether oxygens (including phenoxy) is 1. The molecule has 3 heterocycles. The highest BCUT2D eigenvalue weighted by Crippen LogP contribution is 2.40. The molecule has 2 aliphatic heterocycles. The highest BCUT2D eigenvalue weighted by atomic mass is 19.1. The Bertz CT molecular complexity index is 1130. The summed E-state index contributed by atoms with van der Waals surface area (Å²) in [5.41, 5.74) is 5.94. The molecule has 7 N–H and O–H groups in total. The van der Waals surface area contributed by atoms with Crippen molar-refractivity contribution < 1.29 is 13.9 Å². The van der Waals surface area contributed by atoms with Crippen LogP contribution in [0.3, 0.4) is 0 Å². The third kappa shape index (κ3) is 6.22. The van der Waals surface area contributed by atoms with E-state index in [0.29, 0.717) is 17.6 Å². The van der Waals surface area contributed by atoms with Gasteiger partial charge in [0.1, 0.15) is 11.4 Å². The fourth-order valence-electron chi connectivity index (χ4n) is 4.82. The maximum Gasteiger partial charge on any atom is 0.326 e. The summed E-state index contributed by atoms with van der Waals surface area (Å²) in [7, 11) is 0. The quantitative estimate of drug-likeness (QED) is 0.171. The molecule has 2 aliphatic rings. The van der Waals surface area contributed by atoms with Gasteiger partial charge in [0.25, 0.3) is 5.56 Å². The molecular formula is C23H32FN9O3. The van der Waals surface area contributed by atoms with Gasteiger partial charge in [-0.2, -0.15) is 4.98 Å². The molecule has 2 fully saturated rings. The first-order chi connectivity index (χ1) is 17.4. The SMILES string of the molecule is N=C(N)NCCCN1CC2(CCN(c3c[nH]c(NC(=O)Nc4ccccc4OCF)nc3=O)CC2)C1. The molecule has 36 heavy (non-hydrogen) atoms. The summed E-state index contributed by atoms with van der Waals surface area (Å²) in [6, 6.07) is 5.79. The molecule has 2 saturated heterocycles. The van der Waals surface area contributed by atoms with Crippen LogP contribution in [0, 0.1) is 10.8 Å². The lowest BCUT2D eigenvalue weighted by molar-refractivity contribution is -0.0184. The second-order valence-corrected chi connectivity index (χ2v) is 9.16. The maximum atomic E-state index is 12.7. The number of hydrogen-bond donors (Lipinski definition) is 6. The van der Waals surface area contributed by atoms with Crippen LogP contribution in [0.25, 0.3) is 0 Å². The number of aromatic nitrogens is 2. The number of benzene rings is 1. The normalized spacial score (nSPS) is 16.8. The van der Waals surface area contributed by atoms with Crippen LogP contribution < -0.4 is 36.9 Å². The lowest BCUT2D eigenvalue weighted by Gasteiger charge is -2.54. The fraction of sp³-hybridized carbons (Fsp3) is 0.478. The number of guanidine groups is 1. The van der Waals surface area contributed by atoms with Crippen molar-refractivity contribution in [3.05, 3.63) is 40.8 Å². The number of para-hydroxylation sites is 2. The van der Waals surface area contributed by atoms with Crippen molar-refractivity contribution in [1.82, 2.24) is 20.2 Å². The Kier molecular flexibility index (Phi) is 7.88.